The Morgan fingerprint density at radius 1 is 1.19 bits per heavy atom. The largest absolute Gasteiger partial charge is 0.416 e. The van der Waals surface area contributed by atoms with Crippen molar-refractivity contribution in [3.63, 3.8) is 0 Å². The van der Waals surface area contributed by atoms with Gasteiger partial charge >= 0.3 is 6.18 Å². The van der Waals surface area contributed by atoms with E-state index in [0.717, 1.165) is 0 Å². The van der Waals surface area contributed by atoms with Gasteiger partial charge in [-0.05, 0) is 41.5 Å². The van der Waals surface area contributed by atoms with Crippen molar-refractivity contribution in [2.75, 3.05) is 5.73 Å². The summed E-state index contributed by atoms with van der Waals surface area (Å²) in [6, 6.07) is 4.98. The van der Waals surface area contributed by atoms with E-state index >= 15 is 0 Å². The summed E-state index contributed by atoms with van der Waals surface area (Å²) in [6.45, 7) is 0. The molecule has 7 heteroatoms. The van der Waals surface area contributed by atoms with E-state index in [4.69, 9.17) is 5.73 Å². The molecule has 0 saturated carbocycles. The molecule has 0 radical (unpaired) electrons. The third-order valence-corrected chi connectivity index (χ3v) is 2.95. The number of hydrogen-bond donors (Lipinski definition) is 2. The van der Waals surface area contributed by atoms with Crippen LogP contribution in [0.25, 0.3) is 0 Å². The predicted octanol–water partition coefficient (Wildman–Crippen LogP) is 3.10. The molecule has 112 valence electrons. The quantitative estimate of drug-likeness (QED) is 0.856. The molecule has 2 aromatic rings. The molecule has 0 spiro atoms. The van der Waals surface area contributed by atoms with Gasteiger partial charge in [-0.2, -0.15) is 13.2 Å². The van der Waals surface area contributed by atoms with E-state index in [1.165, 1.54) is 18.3 Å². The van der Waals surface area contributed by atoms with E-state index < -0.39 is 29.2 Å². The van der Waals surface area contributed by atoms with Crippen molar-refractivity contribution in [1.82, 2.24) is 4.98 Å². The lowest BCUT2D eigenvalue weighted by atomic mass is 9.97. The molecule has 3 N–H and O–H groups in total. The molecule has 0 amide bonds. The molecule has 1 aromatic carbocycles. The van der Waals surface area contributed by atoms with Gasteiger partial charge in [0.25, 0.3) is 0 Å². The average molecular weight is 300 g/mol. The number of nitrogens with zero attached hydrogens (tertiary/aromatic N) is 1. The Morgan fingerprint density at radius 3 is 2.52 bits per heavy atom. The zero-order valence-electron chi connectivity index (χ0n) is 10.7. The number of aromatic nitrogens is 1. The van der Waals surface area contributed by atoms with E-state index in [1.807, 2.05) is 0 Å². The molecule has 0 aliphatic carbocycles. The molecule has 0 saturated heterocycles. The van der Waals surface area contributed by atoms with Crippen LogP contribution in [0.5, 0.6) is 0 Å². The first-order valence-electron chi connectivity index (χ1n) is 6.02. The SMILES string of the molecule is Nc1cc(CC(O)c2cc(F)ccc2C(F)(F)F)ccn1. The van der Waals surface area contributed by atoms with Crippen molar-refractivity contribution in [2.24, 2.45) is 0 Å². The summed E-state index contributed by atoms with van der Waals surface area (Å²) >= 11 is 0. The third-order valence-electron chi connectivity index (χ3n) is 2.95. The number of aliphatic hydroxyl groups excluding tert-OH is 1. The molecule has 1 atom stereocenters. The fourth-order valence-electron chi connectivity index (χ4n) is 2.02. The minimum Gasteiger partial charge on any atom is -0.388 e. The number of rotatable bonds is 3. The maximum Gasteiger partial charge on any atom is 0.416 e. The molecule has 0 aliphatic heterocycles. The Morgan fingerprint density at radius 2 is 1.90 bits per heavy atom. The standard InChI is InChI=1S/C14H12F4N2O/c15-9-1-2-11(14(16,17)18)10(7-9)12(21)5-8-3-4-20-13(19)6-8/h1-4,6-7,12,21H,5H2,(H2,19,20). The van der Waals surface area contributed by atoms with E-state index in [1.54, 1.807) is 0 Å². The summed E-state index contributed by atoms with van der Waals surface area (Å²) in [5.41, 5.74) is 4.41. The smallest absolute Gasteiger partial charge is 0.388 e. The highest BCUT2D eigenvalue weighted by atomic mass is 19.4. The second-order valence-corrected chi connectivity index (χ2v) is 4.54. The van der Waals surface area contributed by atoms with E-state index in [2.05, 4.69) is 4.98 Å². The van der Waals surface area contributed by atoms with Gasteiger partial charge in [-0.3, -0.25) is 0 Å². The van der Waals surface area contributed by atoms with Crippen molar-refractivity contribution in [3.05, 3.63) is 59.0 Å². The summed E-state index contributed by atoms with van der Waals surface area (Å²) < 4.78 is 51.8. The number of aliphatic hydroxyl groups is 1. The van der Waals surface area contributed by atoms with Crippen LogP contribution in [0, 0.1) is 5.82 Å². The van der Waals surface area contributed by atoms with Crippen LogP contribution >= 0.6 is 0 Å². The Hall–Kier alpha value is -2.15. The van der Waals surface area contributed by atoms with Crippen LogP contribution in [-0.2, 0) is 12.6 Å². The minimum atomic E-state index is -4.67. The first kappa shape index (κ1) is 15.2. The van der Waals surface area contributed by atoms with E-state index in [0.29, 0.717) is 23.8 Å². The van der Waals surface area contributed by atoms with Gasteiger partial charge in [-0.1, -0.05) is 0 Å². The third kappa shape index (κ3) is 3.69. The molecule has 1 aromatic heterocycles. The van der Waals surface area contributed by atoms with Gasteiger partial charge in [0.15, 0.2) is 0 Å². The summed E-state index contributed by atoms with van der Waals surface area (Å²) in [5.74, 6) is -0.652. The maximum atomic E-state index is 13.2. The summed E-state index contributed by atoms with van der Waals surface area (Å²) in [7, 11) is 0. The van der Waals surface area contributed by atoms with Crippen molar-refractivity contribution in [1.29, 1.82) is 0 Å². The lowest BCUT2D eigenvalue weighted by Gasteiger charge is -2.18. The van der Waals surface area contributed by atoms with Gasteiger partial charge < -0.3 is 10.8 Å². The number of hydrogen-bond acceptors (Lipinski definition) is 3. The molecule has 0 fully saturated rings. The second kappa shape index (κ2) is 5.69. The highest BCUT2D eigenvalue weighted by Crippen LogP contribution is 2.35. The molecule has 1 unspecified atom stereocenters. The van der Waals surface area contributed by atoms with Gasteiger partial charge in [0.1, 0.15) is 11.6 Å². The average Bonchev–Trinajstić information content (AvgIpc) is 2.37. The van der Waals surface area contributed by atoms with Crippen LogP contribution in [0.2, 0.25) is 0 Å². The number of halogens is 4. The Labute approximate surface area is 118 Å². The summed E-state index contributed by atoms with van der Waals surface area (Å²) in [4.78, 5) is 3.75. The van der Waals surface area contributed by atoms with Gasteiger partial charge in [0.05, 0.1) is 11.7 Å². The molecule has 21 heavy (non-hydrogen) atoms. The van der Waals surface area contributed by atoms with Crippen molar-refractivity contribution >= 4 is 5.82 Å². The van der Waals surface area contributed by atoms with Gasteiger partial charge in [-0.25, -0.2) is 9.37 Å². The normalized spacial score (nSPS) is 13.2. The molecule has 0 aliphatic rings. The molecule has 2 rings (SSSR count). The number of nitrogens with two attached hydrogens (primary N) is 1. The van der Waals surface area contributed by atoms with Crippen LogP contribution in [0.4, 0.5) is 23.4 Å². The summed E-state index contributed by atoms with van der Waals surface area (Å²) in [5, 5.41) is 10.0. The molecular weight excluding hydrogens is 288 g/mol. The Balaban J connectivity index is 2.34. The number of anilines is 1. The Bertz CT molecular complexity index is 643. The van der Waals surface area contributed by atoms with E-state index in [-0.39, 0.29) is 12.2 Å². The van der Waals surface area contributed by atoms with Crippen LogP contribution in [0.15, 0.2) is 36.5 Å². The van der Waals surface area contributed by atoms with Crippen molar-refractivity contribution in [3.8, 4) is 0 Å². The number of pyridine rings is 1. The Kier molecular flexibility index (Phi) is 4.13. The van der Waals surface area contributed by atoms with Crippen LogP contribution in [0.3, 0.4) is 0 Å². The lowest BCUT2D eigenvalue weighted by molar-refractivity contribution is -0.139. The molecule has 3 nitrogen and oxygen atoms in total. The second-order valence-electron chi connectivity index (χ2n) is 4.54. The molecular formula is C14H12F4N2O. The highest BCUT2D eigenvalue weighted by Gasteiger charge is 2.35. The highest BCUT2D eigenvalue weighted by molar-refractivity contribution is 5.36. The maximum absolute atomic E-state index is 13.2. The first-order chi connectivity index (χ1) is 9.77. The van der Waals surface area contributed by atoms with Crippen LogP contribution in [-0.4, -0.2) is 10.1 Å². The topological polar surface area (TPSA) is 59.1 Å². The van der Waals surface area contributed by atoms with Gasteiger partial charge in [-0.15, -0.1) is 0 Å². The van der Waals surface area contributed by atoms with Crippen molar-refractivity contribution < 1.29 is 22.7 Å². The monoisotopic (exact) mass is 300 g/mol. The van der Waals surface area contributed by atoms with Crippen LogP contribution < -0.4 is 5.73 Å². The zero-order valence-corrected chi connectivity index (χ0v) is 10.7. The fourth-order valence-corrected chi connectivity index (χ4v) is 2.02. The zero-order chi connectivity index (χ0) is 15.6. The number of benzene rings is 1. The lowest BCUT2D eigenvalue weighted by Crippen LogP contribution is -2.14. The van der Waals surface area contributed by atoms with Gasteiger partial charge in [0.2, 0.25) is 0 Å². The molecule has 0 bridgehead atoms. The van der Waals surface area contributed by atoms with E-state index in [9.17, 15) is 22.7 Å². The minimum absolute atomic E-state index is 0.126. The van der Waals surface area contributed by atoms with Gasteiger partial charge in [0, 0.05) is 12.6 Å². The first-order valence-corrected chi connectivity index (χ1v) is 6.02. The predicted molar refractivity (Wildman–Crippen MR) is 68.7 cm³/mol. The fraction of sp³-hybridized carbons (Fsp3) is 0.214. The summed E-state index contributed by atoms with van der Waals surface area (Å²) in [6.07, 6.45) is -4.91. The van der Waals surface area contributed by atoms with Crippen molar-refractivity contribution in [2.45, 2.75) is 18.7 Å². The number of alkyl halides is 3. The number of nitrogen functional groups attached to an aromatic ring is 1. The van der Waals surface area contributed by atoms with Crippen LogP contribution in [0.1, 0.15) is 22.8 Å². The molecule has 1 heterocycles.